The van der Waals surface area contributed by atoms with Crippen LogP contribution in [0.5, 0.6) is 0 Å². The molecule has 1 aromatic heterocycles. The molecule has 1 aliphatic rings. The maximum Gasteiger partial charge on any atom is 0.243 e. The number of benzene rings is 1. The molecule has 1 fully saturated rings. The van der Waals surface area contributed by atoms with Crippen molar-refractivity contribution in [3.63, 3.8) is 0 Å². The Morgan fingerprint density at radius 2 is 2.08 bits per heavy atom. The molecule has 1 amide bonds. The normalized spacial score (nSPS) is 14.7. The van der Waals surface area contributed by atoms with E-state index >= 15 is 0 Å². The molecule has 134 valence electrons. The summed E-state index contributed by atoms with van der Waals surface area (Å²) in [5, 5.41) is 6.71. The van der Waals surface area contributed by atoms with Crippen molar-refractivity contribution in [1.82, 2.24) is 4.31 Å². The third-order valence-corrected chi connectivity index (χ3v) is 7.03. The van der Waals surface area contributed by atoms with Gasteiger partial charge >= 0.3 is 0 Å². The zero-order chi connectivity index (χ0) is 18.0. The molecule has 7 heteroatoms. The van der Waals surface area contributed by atoms with Crippen molar-refractivity contribution in [3.05, 3.63) is 46.2 Å². The third kappa shape index (κ3) is 4.11. The zero-order valence-electron chi connectivity index (χ0n) is 14.4. The topological polar surface area (TPSA) is 66.5 Å². The van der Waals surface area contributed by atoms with Gasteiger partial charge in [0.2, 0.25) is 15.9 Å². The Balaban J connectivity index is 1.88. The molecule has 1 N–H and O–H groups in total. The van der Waals surface area contributed by atoms with Crippen LogP contribution in [-0.4, -0.2) is 24.7 Å². The molecule has 0 aliphatic heterocycles. The van der Waals surface area contributed by atoms with Gasteiger partial charge in [-0.1, -0.05) is 6.92 Å². The van der Waals surface area contributed by atoms with Crippen LogP contribution < -0.4 is 5.32 Å². The standard InChI is InChI=1S/C18H22N2O3S2/c1-3-18(21)19-15-4-7-17(13(2)10-15)25(22,23)20(16-5-6-16)11-14-8-9-24-12-14/h4,7-10,12,16H,3,5-6,11H2,1-2H3,(H,19,21). The molecule has 5 nitrogen and oxygen atoms in total. The quantitative estimate of drug-likeness (QED) is 0.798. The lowest BCUT2D eigenvalue weighted by Crippen LogP contribution is -2.33. The minimum absolute atomic E-state index is 0.0868. The maximum absolute atomic E-state index is 13.2. The summed E-state index contributed by atoms with van der Waals surface area (Å²) >= 11 is 1.57. The largest absolute Gasteiger partial charge is 0.326 e. The Morgan fingerprint density at radius 1 is 1.32 bits per heavy atom. The highest BCUT2D eigenvalue weighted by Gasteiger charge is 2.38. The van der Waals surface area contributed by atoms with Gasteiger partial charge in [0.1, 0.15) is 0 Å². The van der Waals surface area contributed by atoms with Gasteiger partial charge in [-0.05, 0) is 65.9 Å². The number of hydrogen-bond donors (Lipinski definition) is 1. The molecule has 1 aliphatic carbocycles. The van der Waals surface area contributed by atoms with E-state index in [0.29, 0.717) is 29.1 Å². The fourth-order valence-electron chi connectivity index (χ4n) is 2.73. The second kappa shape index (κ2) is 7.27. The second-order valence-electron chi connectivity index (χ2n) is 6.30. The number of carbonyl (C=O) groups excluding carboxylic acids is 1. The number of hydrogen-bond acceptors (Lipinski definition) is 4. The summed E-state index contributed by atoms with van der Waals surface area (Å²) in [7, 11) is -3.57. The molecule has 1 aromatic carbocycles. The van der Waals surface area contributed by atoms with Crippen LogP contribution in [0.1, 0.15) is 37.3 Å². The van der Waals surface area contributed by atoms with Crippen molar-refractivity contribution >= 4 is 33.0 Å². The summed E-state index contributed by atoms with van der Waals surface area (Å²) in [5.41, 5.74) is 2.29. The number of anilines is 1. The summed E-state index contributed by atoms with van der Waals surface area (Å²) in [5.74, 6) is -0.0907. The number of nitrogens with zero attached hydrogens (tertiary/aromatic N) is 1. The van der Waals surface area contributed by atoms with E-state index in [2.05, 4.69) is 5.32 Å². The van der Waals surface area contributed by atoms with Crippen molar-refractivity contribution in [1.29, 1.82) is 0 Å². The lowest BCUT2D eigenvalue weighted by molar-refractivity contribution is -0.115. The van der Waals surface area contributed by atoms with E-state index in [4.69, 9.17) is 0 Å². The van der Waals surface area contributed by atoms with Gasteiger partial charge in [-0.25, -0.2) is 8.42 Å². The van der Waals surface area contributed by atoms with Crippen molar-refractivity contribution in [2.24, 2.45) is 0 Å². The Bertz CT molecular complexity index is 856. The van der Waals surface area contributed by atoms with Crippen molar-refractivity contribution in [2.45, 2.75) is 50.6 Å². The fourth-order valence-corrected chi connectivity index (χ4v) is 5.27. The van der Waals surface area contributed by atoms with E-state index < -0.39 is 10.0 Å². The lowest BCUT2D eigenvalue weighted by atomic mass is 10.2. The molecule has 25 heavy (non-hydrogen) atoms. The Kier molecular flexibility index (Phi) is 5.27. The average molecular weight is 379 g/mol. The Hall–Kier alpha value is -1.70. The molecule has 0 radical (unpaired) electrons. The first-order chi connectivity index (χ1) is 11.9. The number of sulfonamides is 1. The number of carbonyl (C=O) groups is 1. The number of rotatable bonds is 7. The van der Waals surface area contributed by atoms with Gasteiger partial charge in [0.05, 0.1) is 4.90 Å². The van der Waals surface area contributed by atoms with Gasteiger partial charge in [0.25, 0.3) is 0 Å². The second-order valence-corrected chi connectivity index (χ2v) is 8.93. The van der Waals surface area contributed by atoms with E-state index in [1.807, 2.05) is 16.8 Å². The van der Waals surface area contributed by atoms with Gasteiger partial charge in [-0.3, -0.25) is 4.79 Å². The number of thiophene rings is 1. The predicted molar refractivity (Wildman–Crippen MR) is 100 cm³/mol. The summed E-state index contributed by atoms with van der Waals surface area (Å²) in [6, 6.07) is 7.02. The van der Waals surface area contributed by atoms with Gasteiger partial charge in [-0.15, -0.1) is 0 Å². The van der Waals surface area contributed by atoms with Crippen LogP contribution in [0.4, 0.5) is 5.69 Å². The Labute approximate surface area is 152 Å². The van der Waals surface area contributed by atoms with Crippen molar-refractivity contribution in [3.8, 4) is 0 Å². The summed E-state index contributed by atoms with van der Waals surface area (Å²) in [6.07, 6.45) is 2.20. The van der Waals surface area contributed by atoms with E-state index in [0.717, 1.165) is 18.4 Å². The lowest BCUT2D eigenvalue weighted by Gasteiger charge is -2.23. The third-order valence-electron chi connectivity index (χ3n) is 4.24. The van der Waals surface area contributed by atoms with Crippen LogP contribution in [0.3, 0.4) is 0 Å². The SMILES string of the molecule is CCC(=O)Nc1ccc(S(=O)(=O)N(Cc2ccsc2)C2CC2)c(C)c1. The van der Waals surface area contributed by atoms with E-state index in [9.17, 15) is 13.2 Å². The first kappa shape index (κ1) is 18.1. The molecule has 0 unspecified atom stereocenters. The fraction of sp³-hybridized carbons (Fsp3) is 0.389. The molecule has 0 atom stereocenters. The van der Waals surface area contributed by atoms with Crippen LogP contribution in [0, 0.1) is 6.92 Å². The van der Waals surface area contributed by atoms with Gasteiger partial charge in [0.15, 0.2) is 0 Å². The smallest absolute Gasteiger partial charge is 0.243 e. The predicted octanol–water partition coefficient (Wildman–Crippen LogP) is 3.76. The molecule has 1 saturated carbocycles. The van der Waals surface area contributed by atoms with Crippen molar-refractivity contribution < 1.29 is 13.2 Å². The molecule has 0 saturated heterocycles. The maximum atomic E-state index is 13.2. The molecule has 0 spiro atoms. The first-order valence-electron chi connectivity index (χ1n) is 8.35. The van der Waals surface area contributed by atoms with Crippen molar-refractivity contribution in [2.75, 3.05) is 5.32 Å². The monoisotopic (exact) mass is 378 g/mol. The zero-order valence-corrected chi connectivity index (χ0v) is 16.0. The number of nitrogens with one attached hydrogen (secondary N) is 1. The molecule has 1 heterocycles. The molecular formula is C18H22N2O3S2. The Morgan fingerprint density at radius 3 is 2.64 bits per heavy atom. The molecule has 2 aromatic rings. The minimum atomic E-state index is -3.57. The van der Waals surface area contributed by atoms with Crippen LogP contribution in [0.25, 0.3) is 0 Å². The average Bonchev–Trinajstić information content (AvgIpc) is 3.27. The van der Waals surface area contributed by atoms with Crippen LogP contribution in [-0.2, 0) is 21.4 Å². The number of amides is 1. The van der Waals surface area contributed by atoms with E-state index in [-0.39, 0.29) is 11.9 Å². The van der Waals surface area contributed by atoms with E-state index in [1.54, 1.807) is 47.7 Å². The van der Waals surface area contributed by atoms with Gasteiger partial charge in [0, 0.05) is 24.7 Å². The highest BCUT2D eigenvalue weighted by molar-refractivity contribution is 7.89. The minimum Gasteiger partial charge on any atom is -0.326 e. The summed E-state index contributed by atoms with van der Waals surface area (Å²) in [4.78, 5) is 11.8. The van der Waals surface area contributed by atoms with Crippen LogP contribution in [0.2, 0.25) is 0 Å². The molecule has 3 rings (SSSR count). The van der Waals surface area contributed by atoms with Gasteiger partial charge < -0.3 is 5.32 Å². The van der Waals surface area contributed by atoms with Gasteiger partial charge in [-0.2, -0.15) is 15.6 Å². The summed E-state index contributed by atoms with van der Waals surface area (Å²) in [6.45, 7) is 3.95. The van der Waals surface area contributed by atoms with Crippen LogP contribution in [0.15, 0.2) is 39.9 Å². The molecule has 0 bridgehead atoms. The number of aryl methyl sites for hydroxylation is 1. The highest BCUT2D eigenvalue weighted by atomic mass is 32.2. The molecular weight excluding hydrogens is 356 g/mol. The highest BCUT2D eigenvalue weighted by Crippen LogP contribution is 2.35. The van der Waals surface area contributed by atoms with Crippen LogP contribution >= 0.6 is 11.3 Å². The van der Waals surface area contributed by atoms with E-state index in [1.165, 1.54) is 0 Å². The first-order valence-corrected chi connectivity index (χ1v) is 10.7. The summed E-state index contributed by atoms with van der Waals surface area (Å²) < 4.78 is 28.0.